The Kier molecular flexibility index (Phi) is 6.27. The minimum absolute atomic E-state index is 0.149. The fourth-order valence-corrected chi connectivity index (χ4v) is 3.50. The number of nitrogens with zero attached hydrogens (tertiary/aromatic N) is 1. The van der Waals surface area contributed by atoms with E-state index in [1.165, 1.54) is 24.3 Å². The number of halogens is 1. The smallest absolute Gasteiger partial charge is 0.282 e. The highest BCUT2D eigenvalue weighted by molar-refractivity contribution is 6.46. The molecule has 0 saturated heterocycles. The van der Waals surface area contributed by atoms with Crippen LogP contribution in [0.4, 0.5) is 15.8 Å². The van der Waals surface area contributed by atoms with E-state index >= 15 is 0 Å². The van der Waals surface area contributed by atoms with Gasteiger partial charge in [0.25, 0.3) is 11.8 Å². The maximum absolute atomic E-state index is 13.5. The molecule has 4 rings (SSSR count). The van der Waals surface area contributed by atoms with Gasteiger partial charge >= 0.3 is 0 Å². The lowest BCUT2D eigenvalue weighted by Gasteiger charge is -2.16. The van der Waals surface area contributed by atoms with Crippen LogP contribution >= 0.6 is 0 Å². The van der Waals surface area contributed by atoms with Gasteiger partial charge in [-0.25, -0.2) is 9.29 Å². The molecule has 0 saturated carbocycles. The Balaban J connectivity index is 1.69. The van der Waals surface area contributed by atoms with Crippen molar-refractivity contribution in [3.63, 3.8) is 0 Å². The lowest BCUT2D eigenvalue weighted by atomic mass is 10.0. The second-order valence-electron chi connectivity index (χ2n) is 8.39. The summed E-state index contributed by atoms with van der Waals surface area (Å²) in [5.41, 5.74) is 3.04. The second kappa shape index (κ2) is 9.28. The molecule has 3 aromatic rings. The minimum Gasteiger partial charge on any atom is -0.493 e. The van der Waals surface area contributed by atoms with E-state index in [1.807, 2.05) is 31.2 Å². The number of amides is 2. The molecule has 0 fully saturated rings. The fourth-order valence-electron chi connectivity index (χ4n) is 3.50. The van der Waals surface area contributed by atoms with Crippen LogP contribution in [0.2, 0.25) is 0 Å². The summed E-state index contributed by atoms with van der Waals surface area (Å²) in [6.45, 7) is 6.65. The number of hydrogen-bond acceptors (Lipinski definition) is 4. The highest BCUT2D eigenvalue weighted by Gasteiger charge is 2.40. The van der Waals surface area contributed by atoms with Gasteiger partial charge < -0.3 is 10.1 Å². The molecule has 1 aliphatic rings. The summed E-state index contributed by atoms with van der Waals surface area (Å²) >= 11 is 0. The summed E-state index contributed by atoms with van der Waals surface area (Å²) < 4.78 is 19.1. The van der Waals surface area contributed by atoms with Crippen LogP contribution in [0.5, 0.6) is 5.75 Å². The van der Waals surface area contributed by atoms with Crippen molar-refractivity contribution in [2.24, 2.45) is 5.92 Å². The van der Waals surface area contributed by atoms with Gasteiger partial charge in [0, 0.05) is 5.69 Å². The van der Waals surface area contributed by atoms with Crippen molar-refractivity contribution in [1.82, 2.24) is 0 Å². The van der Waals surface area contributed by atoms with Crippen LogP contribution in [0.15, 0.2) is 78.5 Å². The summed E-state index contributed by atoms with van der Waals surface area (Å²) in [6, 6.07) is 19.9. The Hall–Kier alpha value is -3.93. The van der Waals surface area contributed by atoms with E-state index < -0.39 is 11.8 Å². The van der Waals surface area contributed by atoms with Gasteiger partial charge in [-0.05, 0) is 66.9 Å². The average Bonchev–Trinajstić information content (AvgIpc) is 3.04. The third kappa shape index (κ3) is 4.80. The zero-order valence-corrected chi connectivity index (χ0v) is 18.8. The number of ether oxygens (including phenoxy) is 1. The average molecular weight is 445 g/mol. The third-order valence-corrected chi connectivity index (χ3v) is 5.22. The number of hydrogen-bond donors (Lipinski definition) is 1. The van der Waals surface area contributed by atoms with Gasteiger partial charge in [0.1, 0.15) is 17.3 Å². The standard InChI is InChI=1S/C27H25FN2O3/c1-17(2)16-33-23-14-12-22(13-15-23)30-26(31)24(19-6-4-18(3)5-7-19)25(27(30)32)29-21-10-8-20(28)9-11-21/h4-15,17,29H,16H2,1-3H3. The van der Waals surface area contributed by atoms with E-state index in [4.69, 9.17) is 4.74 Å². The van der Waals surface area contributed by atoms with Crippen molar-refractivity contribution in [1.29, 1.82) is 0 Å². The maximum atomic E-state index is 13.5. The van der Waals surface area contributed by atoms with Crippen LogP contribution in [-0.2, 0) is 9.59 Å². The lowest BCUT2D eigenvalue weighted by Crippen LogP contribution is -2.32. The van der Waals surface area contributed by atoms with E-state index in [0.717, 1.165) is 10.5 Å². The first kappa shape index (κ1) is 22.3. The molecule has 1 N–H and O–H groups in total. The molecule has 1 heterocycles. The summed E-state index contributed by atoms with van der Waals surface area (Å²) in [5, 5.41) is 3.03. The molecule has 0 aromatic heterocycles. The third-order valence-electron chi connectivity index (χ3n) is 5.22. The molecule has 5 nitrogen and oxygen atoms in total. The summed E-state index contributed by atoms with van der Waals surface area (Å²) in [7, 11) is 0. The normalized spacial score (nSPS) is 13.8. The van der Waals surface area contributed by atoms with Crippen LogP contribution in [0, 0.1) is 18.7 Å². The molecule has 0 bridgehead atoms. The molecule has 1 aliphatic heterocycles. The molecule has 6 heteroatoms. The molecule has 0 radical (unpaired) electrons. The van der Waals surface area contributed by atoms with Crippen LogP contribution in [0.25, 0.3) is 5.57 Å². The van der Waals surface area contributed by atoms with Crippen LogP contribution in [-0.4, -0.2) is 18.4 Å². The summed E-state index contributed by atoms with van der Waals surface area (Å²) in [4.78, 5) is 28.0. The Morgan fingerprint density at radius 3 is 2.12 bits per heavy atom. The van der Waals surface area contributed by atoms with Gasteiger partial charge in [-0.1, -0.05) is 43.7 Å². The number of nitrogens with one attached hydrogen (secondary N) is 1. The lowest BCUT2D eigenvalue weighted by molar-refractivity contribution is -0.120. The van der Waals surface area contributed by atoms with Gasteiger partial charge in [-0.3, -0.25) is 9.59 Å². The fraction of sp³-hybridized carbons (Fsp3) is 0.185. The highest BCUT2D eigenvalue weighted by atomic mass is 19.1. The molecule has 0 unspecified atom stereocenters. The Labute approximate surface area is 192 Å². The molecule has 0 atom stereocenters. The first-order chi connectivity index (χ1) is 15.8. The molecule has 2 amide bonds. The molecule has 0 spiro atoms. The second-order valence-corrected chi connectivity index (χ2v) is 8.39. The summed E-state index contributed by atoms with van der Waals surface area (Å²) in [5.74, 6) is -0.237. The van der Waals surface area contributed by atoms with Gasteiger partial charge in [0.15, 0.2) is 0 Å². The zero-order valence-electron chi connectivity index (χ0n) is 18.8. The number of benzene rings is 3. The largest absolute Gasteiger partial charge is 0.493 e. The number of carbonyl (C=O) groups excluding carboxylic acids is 2. The van der Waals surface area contributed by atoms with Crippen LogP contribution in [0.1, 0.15) is 25.0 Å². The Morgan fingerprint density at radius 1 is 0.879 bits per heavy atom. The predicted molar refractivity (Wildman–Crippen MR) is 127 cm³/mol. The van der Waals surface area contributed by atoms with E-state index in [1.54, 1.807) is 24.3 Å². The molecular weight excluding hydrogens is 419 g/mol. The summed E-state index contributed by atoms with van der Waals surface area (Å²) in [6.07, 6.45) is 0. The molecule has 3 aromatic carbocycles. The molecule has 0 aliphatic carbocycles. The van der Waals surface area contributed by atoms with Crippen molar-refractivity contribution in [3.05, 3.63) is 95.4 Å². The maximum Gasteiger partial charge on any atom is 0.282 e. The predicted octanol–water partition coefficient (Wildman–Crippen LogP) is 5.57. The van der Waals surface area contributed by atoms with Crippen molar-refractivity contribution >= 4 is 28.8 Å². The Morgan fingerprint density at radius 2 is 1.52 bits per heavy atom. The number of carbonyl (C=O) groups is 2. The van der Waals surface area contributed by atoms with Crippen molar-refractivity contribution in [2.45, 2.75) is 20.8 Å². The van der Waals surface area contributed by atoms with Gasteiger partial charge in [-0.2, -0.15) is 0 Å². The van der Waals surface area contributed by atoms with Crippen molar-refractivity contribution in [3.8, 4) is 5.75 Å². The number of rotatable bonds is 7. The van der Waals surface area contributed by atoms with Gasteiger partial charge in [0.2, 0.25) is 0 Å². The zero-order chi connectivity index (χ0) is 23.5. The number of imide groups is 1. The number of anilines is 2. The molecule has 33 heavy (non-hydrogen) atoms. The van der Waals surface area contributed by atoms with E-state index in [-0.39, 0.29) is 17.1 Å². The first-order valence-corrected chi connectivity index (χ1v) is 10.8. The highest BCUT2D eigenvalue weighted by Crippen LogP contribution is 2.34. The van der Waals surface area contributed by atoms with E-state index in [2.05, 4.69) is 19.2 Å². The number of aryl methyl sites for hydroxylation is 1. The van der Waals surface area contributed by atoms with Gasteiger partial charge in [0.05, 0.1) is 17.9 Å². The SMILES string of the molecule is Cc1ccc(C2=C(Nc3ccc(F)cc3)C(=O)N(c3ccc(OCC(C)C)cc3)C2=O)cc1. The van der Waals surface area contributed by atoms with Gasteiger partial charge in [-0.15, -0.1) is 0 Å². The van der Waals surface area contributed by atoms with E-state index in [0.29, 0.717) is 35.2 Å². The van der Waals surface area contributed by atoms with Crippen LogP contribution < -0.4 is 15.0 Å². The first-order valence-electron chi connectivity index (χ1n) is 10.8. The molecule has 168 valence electrons. The molecular formula is C27H25FN2O3. The topological polar surface area (TPSA) is 58.6 Å². The van der Waals surface area contributed by atoms with Crippen molar-refractivity contribution < 1.29 is 18.7 Å². The van der Waals surface area contributed by atoms with Crippen molar-refractivity contribution in [2.75, 3.05) is 16.8 Å². The Bertz CT molecular complexity index is 1200. The van der Waals surface area contributed by atoms with Crippen LogP contribution in [0.3, 0.4) is 0 Å². The quantitative estimate of drug-likeness (QED) is 0.485. The van der Waals surface area contributed by atoms with E-state index in [9.17, 15) is 14.0 Å². The minimum atomic E-state index is -0.476. The monoisotopic (exact) mass is 444 g/mol.